The molecule has 3 aromatic rings. The fourth-order valence-corrected chi connectivity index (χ4v) is 4.68. The summed E-state index contributed by atoms with van der Waals surface area (Å²) < 4.78 is 35.4. The number of carbonyl (C=O) groups excluding carboxylic acids is 1. The van der Waals surface area contributed by atoms with Crippen LogP contribution in [0.2, 0.25) is 0 Å². The number of sulfonamides is 1. The van der Waals surface area contributed by atoms with Crippen molar-refractivity contribution in [3.63, 3.8) is 0 Å². The van der Waals surface area contributed by atoms with E-state index in [4.69, 9.17) is 4.74 Å². The number of nitrogens with one attached hydrogen (secondary N) is 1. The van der Waals surface area contributed by atoms with Crippen molar-refractivity contribution < 1.29 is 17.9 Å². The van der Waals surface area contributed by atoms with E-state index in [2.05, 4.69) is 23.6 Å². The van der Waals surface area contributed by atoms with Gasteiger partial charge in [-0.25, -0.2) is 22.9 Å². The number of carbonyl (C=O) groups is 1. The van der Waals surface area contributed by atoms with Crippen LogP contribution in [0.15, 0.2) is 66.1 Å². The molecule has 0 atom stereocenters. The number of benzene rings is 2. The maximum absolute atomic E-state index is 13.2. The van der Waals surface area contributed by atoms with E-state index in [0.29, 0.717) is 24.4 Å². The molecule has 0 bridgehead atoms. The second kappa shape index (κ2) is 11.1. The van der Waals surface area contributed by atoms with E-state index in [1.54, 1.807) is 24.7 Å². The second-order valence-electron chi connectivity index (χ2n) is 8.46. The third-order valence-corrected chi connectivity index (χ3v) is 6.47. The Hall–Kier alpha value is -3.13. The molecule has 1 heterocycles. The second-order valence-corrected chi connectivity index (χ2v) is 10.1. The zero-order valence-corrected chi connectivity index (χ0v) is 20.1. The Kier molecular flexibility index (Phi) is 8.27. The first-order valence-corrected chi connectivity index (χ1v) is 12.6. The lowest BCUT2D eigenvalue weighted by Gasteiger charge is -2.15. The van der Waals surface area contributed by atoms with Crippen molar-refractivity contribution in [2.24, 2.45) is 5.92 Å². The lowest BCUT2D eigenvalue weighted by molar-refractivity contribution is 0.151. The van der Waals surface area contributed by atoms with Crippen molar-refractivity contribution in [2.75, 3.05) is 6.61 Å². The van der Waals surface area contributed by atoms with Crippen LogP contribution in [0.3, 0.4) is 0 Å². The maximum Gasteiger partial charge on any atom is 0.421 e. The van der Waals surface area contributed by atoms with E-state index in [-0.39, 0.29) is 11.5 Å². The highest BCUT2D eigenvalue weighted by atomic mass is 32.2. The van der Waals surface area contributed by atoms with Crippen LogP contribution in [0.25, 0.3) is 11.1 Å². The SMILES string of the molecule is CCCCOC(=O)NS(=O)(=O)c1cc(CC(C)C)ccc1-c1ccc(Cn2ccnc2)cc1. The van der Waals surface area contributed by atoms with Crippen LogP contribution >= 0.6 is 0 Å². The highest BCUT2D eigenvalue weighted by Crippen LogP contribution is 2.30. The fourth-order valence-electron chi connectivity index (χ4n) is 3.51. The van der Waals surface area contributed by atoms with E-state index in [0.717, 1.165) is 29.5 Å². The van der Waals surface area contributed by atoms with Gasteiger partial charge in [0.15, 0.2) is 0 Å². The van der Waals surface area contributed by atoms with Crippen molar-refractivity contribution in [1.29, 1.82) is 0 Å². The first kappa shape index (κ1) is 24.5. The lowest BCUT2D eigenvalue weighted by atomic mass is 9.98. The van der Waals surface area contributed by atoms with Crippen molar-refractivity contribution in [1.82, 2.24) is 14.3 Å². The van der Waals surface area contributed by atoms with Crippen LogP contribution in [0, 0.1) is 5.92 Å². The Morgan fingerprint density at radius 3 is 2.48 bits per heavy atom. The van der Waals surface area contributed by atoms with Gasteiger partial charge in [0, 0.05) is 24.5 Å². The largest absolute Gasteiger partial charge is 0.449 e. The van der Waals surface area contributed by atoms with Gasteiger partial charge >= 0.3 is 6.09 Å². The molecule has 0 aliphatic rings. The van der Waals surface area contributed by atoms with Gasteiger partial charge in [-0.15, -0.1) is 0 Å². The lowest BCUT2D eigenvalue weighted by Crippen LogP contribution is -2.31. The quantitative estimate of drug-likeness (QED) is 0.422. The number of imidazole rings is 1. The summed E-state index contributed by atoms with van der Waals surface area (Å²) >= 11 is 0. The van der Waals surface area contributed by atoms with Crippen LogP contribution in [-0.4, -0.2) is 30.7 Å². The van der Waals surface area contributed by atoms with Gasteiger partial charge in [0.2, 0.25) is 0 Å². The Morgan fingerprint density at radius 2 is 1.85 bits per heavy atom. The maximum atomic E-state index is 13.2. The number of nitrogens with zero attached hydrogens (tertiary/aromatic N) is 2. The number of amides is 1. The number of hydrogen-bond donors (Lipinski definition) is 1. The first-order valence-electron chi connectivity index (χ1n) is 11.2. The highest BCUT2D eigenvalue weighted by Gasteiger charge is 2.23. The van der Waals surface area contributed by atoms with Crippen LogP contribution in [0.4, 0.5) is 4.79 Å². The molecular formula is C25H31N3O4S. The van der Waals surface area contributed by atoms with Gasteiger partial charge in [-0.2, -0.15) is 0 Å². The monoisotopic (exact) mass is 469 g/mol. The van der Waals surface area contributed by atoms with Crippen LogP contribution in [0.5, 0.6) is 0 Å². The number of unbranched alkanes of at least 4 members (excludes halogenated alkanes) is 1. The topological polar surface area (TPSA) is 90.3 Å². The van der Waals surface area contributed by atoms with E-state index < -0.39 is 16.1 Å². The van der Waals surface area contributed by atoms with Gasteiger partial charge in [0.05, 0.1) is 17.8 Å². The average molecular weight is 470 g/mol. The Balaban J connectivity index is 1.91. The molecule has 176 valence electrons. The summed E-state index contributed by atoms with van der Waals surface area (Å²) in [5, 5.41) is 0. The normalized spacial score (nSPS) is 11.5. The van der Waals surface area contributed by atoms with E-state index >= 15 is 0 Å². The molecule has 1 amide bonds. The molecule has 0 spiro atoms. The molecule has 2 aromatic carbocycles. The summed E-state index contributed by atoms with van der Waals surface area (Å²) in [6.45, 7) is 6.96. The molecule has 0 radical (unpaired) electrons. The summed E-state index contributed by atoms with van der Waals surface area (Å²) in [6, 6.07) is 13.1. The van der Waals surface area contributed by atoms with Gasteiger partial charge < -0.3 is 9.30 Å². The average Bonchev–Trinajstić information content (AvgIpc) is 3.27. The third-order valence-electron chi connectivity index (χ3n) is 5.12. The zero-order chi connectivity index (χ0) is 23.8. The molecule has 7 nitrogen and oxygen atoms in total. The molecule has 3 rings (SSSR count). The van der Waals surface area contributed by atoms with Gasteiger partial charge in [0.1, 0.15) is 0 Å². The van der Waals surface area contributed by atoms with Gasteiger partial charge in [0.25, 0.3) is 10.0 Å². The molecule has 33 heavy (non-hydrogen) atoms. The Bertz CT molecular complexity index is 1150. The predicted molar refractivity (Wildman–Crippen MR) is 128 cm³/mol. The standard InChI is InChI=1S/C25H31N3O4S/c1-4-5-14-32-25(29)27-33(30,31)24-16-21(15-19(2)3)8-11-23(24)22-9-6-20(7-10-22)17-28-13-12-26-18-28/h6-13,16,18-19H,4-5,14-15,17H2,1-3H3,(H,27,29). The summed E-state index contributed by atoms with van der Waals surface area (Å²) in [5.74, 6) is 0.362. The van der Waals surface area contributed by atoms with Crippen LogP contribution < -0.4 is 4.72 Å². The first-order chi connectivity index (χ1) is 15.8. The highest BCUT2D eigenvalue weighted by molar-refractivity contribution is 7.90. The molecular weight excluding hydrogens is 438 g/mol. The smallest absolute Gasteiger partial charge is 0.421 e. The number of rotatable bonds is 10. The molecule has 1 N–H and O–H groups in total. The van der Waals surface area contributed by atoms with Gasteiger partial charge in [-0.1, -0.05) is 63.6 Å². The number of hydrogen-bond acceptors (Lipinski definition) is 5. The molecule has 1 aromatic heterocycles. The van der Waals surface area contributed by atoms with Crippen molar-refractivity contribution >= 4 is 16.1 Å². The minimum absolute atomic E-state index is 0.0652. The molecule has 0 saturated carbocycles. The van der Waals surface area contributed by atoms with Gasteiger partial charge in [-0.3, -0.25) is 0 Å². The molecule has 0 aliphatic carbocycles. The number of aromatic nitrogens is 2. The molecule has 0 fully saturated rings. The van der Waals surface area contributed by atoms with E-state index in [9.17, 15) is 13.2 Å². The molecule has 0 unspecified atom stereocenters. The Morgan fingerprint density at radius 1 is 1.12 bits per heavy atom. The summed E-state index contributed by atoms with van der Waals surface area (Å²) in [5.41, 5.74) is 3.24. The predicted octanol–water partition coefficient (Wildman–Crippen LogP) is 5.01. The van der Waals surface area contributed by atoms with Gasteiger partial charge in [-0.05, 0) is 41.5 Å². The van der Waals surface area contributed by atoms with Crippen LogP contribution in [0.1, 0.15) is 44.7 Å². The van der Waals surface area contributed by atoms with E-state index in [1.165, 1.54) is 0 Å². The Labute approximate surface area is 195 Å². The van der Waals surface area contributed by atoms with Crippen molar-refractivity contribution in [2.45, 2.75) is 51.5 Å². The molecule has 8 heteroatoms. The van der Waals surface area contributed by atoms with Crippen molar-refractivity contribution in [3.05, 3.63) is 72.3 Å². The van der Waals surface area contributed by atoms with Crippen LogP contribution in [-0.2, 0) is 27.7 Å². The summed E-state index contributed by atoms with van der Waals surface area (Å²) in [6.07, 6.45) is 6.65. The minimum Gasteiger partial charge on any atom is -0.449 e. The van der Waals surface area contributed by atoms with E-state index in [1.807, 2.05) is 48.0 Å². The third kappa shape index (κ3) is 6.92. The molecule has 0 aliphatic heterocycles. The fraction of sp³-hybridized carbons (Fsp3) is 0.360. The summed E-state index contributed by atoms with van der Waals surface area (Å²) in [4.78, 5) is 16.2. The minimum atomic E-state index is -4.12. The summed E-state index contributed by atoms with van der Waals surface area (Å²) in [7, 11) is -4.12. The zero-order valence-electron chi connectivity index (χ0n) is 19.3. The van der Waals surface area contributed by atoms with Crippen molar-refractivity contribution in [3.8, 4) is 11.1 Å². The number of ether oxygens (including phenoxy) is 1. The molecule has 0 saturated heterocycles.